The Hall–Kier alpha value is -2.83. The summed E-state index contributed by atoms with van der Waals surface area (Å²) in [6.07, 6.45) is 0.740. The Kier molecular flexibility index (Phi) is 5.43. The molecule has 1 N–H and O–H groups in total. The van der Waals surface area contributed by atoms with Crippen molar-refractivity contribution < 1.29 is 24.4 Å². The average Bonchev–Trinajstić information content (AvgIpc) is 2.57. The molecule has 0 radical (unpaired) electrons. The summed E-state index contributed by atoms with van der Waals surface area (Å²) < 4.78 is 0. The van der Waals surface area contributed by atoms with E-state index in [9.17, 15) is 29.6 Å². The standard InChI is InChI=1S/C23H27NO6/c1-22(2)9-15(25)20(16(26)10-22)19(13-6-5-7-14(8-13)24(29)30)21-17(27)11-23(3,4)12-18(21)28/h5-8,19-20,27H,9-12H2,1-4H3. The van der Waals surface area contributed by atoms with Gasteiger partial charge in [0.15, 0.2) is 5.78 Å². The number of allylic oxidation sites excluding steroid dienone is 2. The van der Waals surface area contributed by atoms with Crippen molar-refractivity contribution in [2.24, 2.45) is 16.7 Å². The number of aliphatic hydroxyl groups excluding tert-OH is 1. The quantitative estimate of drug-likeness (QED) is 0.443. The summed E-state index contributed by atoms with van der Waals surface area (Å²) in [7, 11) is 0. The molecule has 0 saturated heterocycles. The van der Waals surface area contributed by atoms with E-state index in [1.54, 1.807) is 6.07 Å². The van der Waals surface area contributed by atoms with E-state index in [-0.39, 0.29) is 60.1 Å². The molecule has 7 nitrogen and oxygen atoms in total. The van der Waals surface area contributed by atoms with Crippen LogP contribution >= 0.6 is 0 Å². The summed E-state index contributed by atoms with van der Waals surface area (Å²) in [6, 6.07) is 5.65. The number of nitro groups is 1. The van der Waals surface area contributed by atoms with Crippen LogP contribution in [0.4, 0.5) is 5.69 Å². The molecule has 1 fully saturated rings. The largest absolute Gasteiger partial charge is 0.512 e. The molecule has 0 bridgehead atoms. The van der Waals surface area contributed by atoms with Crippen LogP contribution in [0.3, 0.4) is 0 Å². The van der Waals surface area contributed by atoms with Gasteiger partial charge in [-0.25, -0.2) is 0 Å². The summed E-state index contributed by atoms with van der Waals surface area (Å²) in [4.78, 5) is 49.9. The SMILES string of the molecule is CC1(C)CC(=O)C(C(C2=C(O)CC(C)(C)CC2=O)c2cccc([N+](=O)[O-])c2)C(=O)C1. The van der Waals surface area contributed by atoms with Gasteiger partial charge in [-0.1, -0.05) is 39.8 Å². The van der Waals surface area contributed by atoms with Crippen LogP contribution in [-0.4, -0.2) is 27.4 Å². The van der Waals surface area contributed by atoms with Crippen LogP contribution < -0.4 is 0 Å². The van der Waals surface area contributed by atoms with Gasteiger partial charge in [-0.2, -0.15) is 0 Å². The Morgan fingerprint density at radius 2 is 1.57 bits per heavy atom. The van der Waals surface area contributed by atoms with E-state index in [0.717, 1.165) is 0 Å². The fourth-order valence-corrected chi connectivity index (χ4v) is 4.79. The van der Waals surface area contributed by atoms with Gasteiger partial charge >= 0.3 is 0 Å². The maximum atomic E-state index is 13.1. The Morgan fingerprint density at radius 3 is 2.10 bits per heavy atom. The van der Waals surface area contributed by atoms with Crippen LogP contribution in [-0.2, 0) is 14.4 Å². The number of rotatable bonds is 4. The third kappa shape index (κ3) is 4.20. The highest BCUT2D eigenvalue weighted by Crippen LogP contribution is 2.47. The van der Waals surface area contributed by atoms with Gasteiger partial charge in [-0.3, -0.25) is 24.5 Å². The Balaban J connectivity index is 2.19. The number of nitro benzene ring substituents is 1. The zero-order valence-electron chi connectivity index (χ0n) is 17.7. The smallest absolute Gasteiger partial charge is 0.269 e. The number of nitrogens with zero attached hydrogens (tertiary/aromatic N) is 1. The molecule has 1 aromatic carbocycles. The molecule has 1 atom stereocenters. The highest BCUT2D eigenvalue weighted by atomic mass is 16.6. The molecule has 1 aromatic rings. The molecule has 0 spiro atoms. The van der Waals surface area contributed by atoms with E-state index >= 15 is 0 Å². The van der Waals surface area contributed by atoms with Crippen molar-refractivity contribution in [2.45, 2.75) is 59.3 Å². The van der Waals surface area contributed by atoms with Crippen molar-refractivity contribution in [1.29, 1.82) is 0 Å². The lowest BCUT2D eigenvalue weighted by Gasteiger charge is -2.38. The van der Waals surface area contributed by atoms with Gasteiger partial charge < -0.3 is 5.11 Å². The molecule has 0 aromatic heterocycles. The van der Waals surface area contributed by atoms with Crippen LogP contribution in [0.1, 0.15) is 64.9 Å². The molecule has 1 unspecified atom stereocenters. The first-order valence-electron chi connectivity index (χ1n) is 10.1. The number of Topliss-reactive ketones (excluding diaryl/α,β-unsaturated/α-hetero) is 3. The Labute approximate surface area is 175 Å². The molecule has 160 valence electrons. The Bertz CT molecular complexity index is 952. The number of non-ortho nitro benzene ring substituents is 1. The lowest BCUT2D eigenvalue weighted by atomic mass is 9.62. The molecular formula is C23H27NO6. The van der Waals surface area contributed by atoms with Gasteiger partial charge in [0.1, 0.15) is 17.3 Å². The third-order valence-corrected chi connectivity index (χ3v) is 5.98. The van der Waals surface area contributed by atoms with Crippen molar-refractivity contribution in [3.05, 3.63) is 51.3 Å². The van der Waals surface area contributed by atoms with Gasteiger partial charge in [0.25, 0.3) is 5.69 Å². The van der Waals surface area contributed by atoms with Crippen LogP contribution in [0, 0.1) is 26.9 Å². The zero-order chi connectivity index (χ0) is 22.4. The molecule has 0 aliphatic heterocycles. The normalized spacial score (nSPS) is 22.9. The number of hydrogen-bond donors (Lipinski definition) is 1. The van der Waals surface area contributed by atoms with Crippen molar-refractivity contribution in [1.82, 2.24) is 0 Å². The number of ketones is 3. The summed E-state index contributed by atoms with van der Waals surface area (Å²) >= 11 is 0. The molecule has 7 heteroatoms. The summed E-state index contributed by atoms with van der Waals surface area (Å²) in [5, 5.41) is 22.1. The molecule has 0 heterocycles. The first-order chi connectivity index (χ1) is 13.8. The highest BCUT2D eigenvalue weighted by Gasteiger charge is 2.48. The van der Waals surface area contributed by atoms with Crippen molar-refractivity contribution in [3.8, 4) is 0 Å². The van der Waals surface area contributed by atoms with Gasteiger partial charge in [-0.05, 0) is 16.4 Å². The maximum absolute atomic E-state index is 13.1. The van der Waals surface area contributed by atoms with Crippen molar-refractivity contribution in [2.75, 3.05) is 0 Å². The van der Waals surface area contributed by atoms with Crippen LogP contribution in [0.5, 0.6) is 0 Å². The predicted octanol–water partition coefficient (Wildman–Crippen LogP) is 4.45. The molecule has 1 saturated carbocycles. The summed E-state index contributed by atoms with van der Waals surface area (Å²) in [5.74, 6) is -3.23. The summed E-state index contributed by atoms with van der Waals surface area (Å²) in [5.41, 5.74) is -0.753. The van der Waals surface area contributed by atoms with Crippen LogP contribution in [0.25, 0.3) is 0 Å². The number of carbonyl (C=O) groups excluding carboxylic acids is 3. The minimum Gasteiger partial charge on any atom is -0.512 e. The highest BCUT2D eigenvalue weighted by molar-refractivity contribution is 6.09. The predicted molar refractivity (Wildman–Crippen MR) is 110 cm³/mol. The number of carbonyl (C=O) groups is 3. The molecular weight excluding hydrogens is 386 g/mol. The van der Waals surface area contributed by atoms with Crippen molar-refractivity contribution in [3.63, 3.8) is 0 Å². The van der Waals surface area contributed by atoms with E-state index < -0.39 is 27.6 Å². The maximum Gasteiger partial charge on any atom is 0.269 e. The molecule has 3 rings (SSSR count). The second kappa shape index (κ2) is 7.45. The lowest BCUT2D eigenvalue weighted by molar-refractivity contribution is -0.384. The van der Waals surface area contributed by atoms with E-state index in [0.29, 0.717) is 5.56 Å². The minimum absolute atomic E-state index is 0.0428. The number of benzene rings is 1. The third-order valence-electron chi connectivity index (χ3n) is 5.98. The van der Waals surface area contributed by atoms with Crippen molar-refractivity contribution >= 4 is 23.0 Å². The van der Waals surface area contributed by atoms with E-state index in [1.807, 2.05) is 27.7 Å². The van der Waals surface area contributed by atoms with E-state index in [2.05, 4.69) is 0 Å². The fraction of sp³-hybridized carbons (Fsp3) is 0.522. The van der Waals surface area contributed by atoms with E-state index in [4.69, 9.17) is 0 Å². The molecule has 2 aliphatic carbocycles. The van der Waals surface area contributed by atoms with E-state index in [1.165, 1.54) is 18.2 Å². The average molecular weight is 413 g/mol. The second-order valence-electron chi connectivity index (χ2n) is 10.1. The first-order valence-corrected chi connectivity index (χ1v) is 10.1. The molecule has 0 amide bonds. The zero-order valence-corrected chi connectivity index (χ0v) is 17.7. The van der Waals surface area contributed by atoms with Gasteiger partial charge in [0.2, 0.25) is 0 Å². The van der Waals surface area contributed by atoms with Crippen LogP contribution in [0.2, 0.25) is 0 Å². The number of hydrogen-bond acceptors (Lipinski definition) is 6. The monoisotopic (exact) mass is 413 g/mol. The summed E-state index contributed by atoms with van der Waals surface area (Å²) in [6.45, 7) is 7.40. The van der Waals surface area contributed by atoms with Crippen LogP contribution in [0.15, 0.2) is 35.6 Å². The van der Waals surface area contributed by atoms with Gasteiger partial charge in [0.05, 0.1) is 10.8 Å². The Morgan fingerprint density at radius 1 is 1.00 bits per heavy atom. The minimum atomic E-state index is -1.14. The number of aliphatic hydroxyl groups is 1. The first kappa shape index (κ1) is 21.9. The van der Waals surface area contributed by atoms with Gasteiger partial charge in [0, 0.05) is 49.3 Å². The fourth-order valence-electron chi connectivity index (χ4n) is 4.79. The molecule has 2 aliphatic rings. The second-order valence-corrected chi connectivity index (χ2v) is 10.1. The van der Waals surface area contributed by atoms with Gasteiger partial charge in [-0.15, -0.1) is 0 Å². The molecule has 30 heavy (non-hydrogen) atoms. The lowest BCUT2D eigenvalue weighted by Crippen LogP contribution is -2.43. The topological polar surface area (TPSA) is 115 Å².